The maximum absolute atomic E-state index is 12.1. The van der Waals surface area contributed by atoms with E-state index in [1.54, 1.807) is 0 Å². The molecule has 0 bridgehead atoms. The molecule has 0 saturated carbocycles. The molecule has 0 saturated heterocycles. The van der Waals surface area contributed by atoms with E-state index in [0.717, 1.165) is 5.56 Å². The lowest BCUT2D eigenvalue weighted by Gasteiger charge is -2.18. The molecule has 1 rings (SSSR count). The molecule has 7 heteroatoms. The van der Waals surface area contributed by atoms with Crippen LogP contribution in [0.1, 0.15) is 12.0 Å². The van der Waals surface area contributed by atoms with Crippen LogP contribution in [0, 0.1) is 5.92 Å². The second kappa shape index (κ2) is 8.31. The molecule has 1 aromatic rings. The molecule has 0 radical (unpaired) electrons. The Kier molecular flexibility index (Phi) is 6.74. The van der Waals surface area contributed by atoms with E-state index in [1.165, 1.54) is 0 Å². The van der Waals surface area contributed by atoms with E-state index in [0.29, 0.717) is 6.42 Å². The fourth-order valence-electron chi connectivity index (χ4n) is 1.80. The SMILES string of the molecule is O=C(O)C[C@H](NC(=O)[C@@H](CS)Cc1ccccc1)C(=O)O. The standard InChI is InChI=1S/C14H17NO5S/c16-12(17)7-11(14(19)20)15-13(18)10(8-21)6-9-4-2-1-3-5-9/h1-5,10-11,21H,6-8H2,(H,15,18)(H,16,17)(H,19,20)/t10-,11+/m1/s1. The average Bonchev–Trinajstić information content (AvgIpc) is 2.44. The van der Waals surface area contributed by atoms with Crippen molar-refractivity contribution < 1.29 is 24.6 Å². The van der Waals surface area contributed by atoms with Crippen LogP contribution in [0.2, 0.25) is 0 Å². The Morgan fingerprint density at radius 1 is 1.14 bits per heavy atom. The Labute approximate surface area is 127 Å². The van der Waals surface area contributed by atoms with Crippen LogP contribution in [0.15, 0.2) is 30.3 Å². The molecule has 0 spiro atoms. The molecule has 0 aliphatic carbocycles. The number of rotatable bonds is 8. The van der Waals surface area contributed by atoms with E-state index in [1.807, 2.05) is 30.3 Å². The molecule has 0 aromatic heterocycles. The number of hydrogen-bond donors (Lipinski definition) is 4. The number of benzene rings is 1. The van der Waals surface area contributed by atoms with Gasteiger partial charge in [0.1, 0.15) is 6.04 Å². The fourth-order valence-corrected chi connectivity index (χ4v) is 2.10. The third-order valence-electron chi connectivity index (χ3n) is 2.91. The monoisotopic (exact) mass is 311 g/mol. The van der Waals surface area contributed by atoms with E-state index in [-0.39, 0.29) is 5.75 Å². The Morgan fingerprint density at radius 2 is 1.76 bits per heavy atom. The van der Waals surface area contributed by atoms with Crippen LogP contribution in [0.5, 0.6) is 0 Å². The summed E-state index contributed by atoms with van der Waals surface area (Å²) in [6.45, 7) is 0. The van der Waals surface area contributed by atoms with Gasteiger partial charge in [0.05, 0.1) is 12.3 Å². The molecule has 0 aliphatic rings. The molecular formula is C14H17NO5S. The van der Waals surface area contributed by atoms with Gasteiger partial charge in [-0.3, -0.25) is 9.59 Å². The number of carboxylic acid groups (broad SMARTS) is 2. The predicted molar refractivity (Wildman–Crippen MR) is 79.3 cm³/mol. The van der Waals surface area contributed by atoms with Crippen molar-refractivity contribution in [1.82, 2.24) is 5.32 Å². The highest BCUT2D eigenvalue weighted by Crippen LogP contribution is 2.11. The van der Waals surface area contributed by atoms with E-state index in [4.69, 9.17) is 10.2 Å². The first kappa shape index (κ1) is 17.0. The minimum atomic E-state index is -1.44. The molecule has 2 atom stereocenters. The average molecular weight is 311 g/mol. The molecule has 1 amide bonds. The van der Waals surface area contributed by atoms with Gasteiger partial charge in [0.15, 0.2) is 0 Å². The zero-order valence-corrected chi connectivity index (χ0v) is 12.1. The number of hydrogen-bond acceptors (Lipinski definition) is 4. The normalized spacial score (nSPS) is 13.2. The summed E-state index contributed by atoms with van der Waals surface area (Å²) in [7, 11) is 0. The number of aliphatic carboxylic acids is 2. The Hall–Kier alpha value is -2.02. The Bertz CT molecular complexity index is 505. The number of carboxylic acids is 2. The minimum Gasteiger partial charge on any atom is -0.481 e. The molecule has 6 nitrogen and oxygen atoms in total. The zero-order chi connectivity index (χ0) is 15.8. The molecule has 3 N–H and O–H groups in total. The Morgan fingerprint density at radius 3 is 2.24 bits per heavy atom. The summed E-state index contributed by atoms with van der Waals surface area (Å²) in [6.07, 6.45) is -0.249. The molecule has 0 heterocycles. The zero-order valence-electron chi connectivity index (χ0n) is 11.2. The lowest BCUT2D eigenvalue weighted by molar-refractivity contribution is -0.147. The Balaban J connectivity index is 2.69. The molecule has 114 valence electrons. The summed E-state index contributed by atoms with van der Waals surface area (Å²) in [5.74, 6) is -3.45. The highest BCUT2D eigenvalue weighted by molar-refractivity contribution is 7.80. The van der Waals surface area contributed by atoms with Gasteiger partial charge in [-0.15, -0.1) is 0 Å². The molecule has 0 fully saturated rings. The lowest BCUT2D eigenvalue weighted by atomic mass is 9.99. The highest BCUT2D eigenvalue weighted by Gasteiger charge is 2.26. The van der Waals surface area contributed by atoms with Gasteiger partial charge in [0.2, 0.25) is 5.91 Å². The molecule has 0 unspecified atom stereocenters. The number of thiol groups is 1. The first-order valence-electron chi connectivity index (χ1n) is 6.33. The topological polar surface area (TPSA) is 104 Å². The van der Waals surface area contributed by atoms with Crippen LogP contribution >= 0.6 is 12.6 Å². The first-order valence-corrected chi connectivity index (χ1v) is 6.97. The van der Waals surface area contributed by atoms with Crippen molar-refractivity contribution >= 4 is 30.5 Å². The van der Waals surface area contributed by atoms with Gasteiger partial charge in [-0.25, -0.2) is 4.79 Å². The number of amides is 1. The molecular weight excluding hydrogens is 294 g/mol. The summed E-state index contributed by atoms with van der Waals surface area (Å²) in [4.78, 5) is 33.6. The van der Waals surface area contributed by atoms with Crippen molar-refractivity contribution in [2.45, 2.75) is 18.9 Å². The van der Waals surface area contributed by atoms with Crippen LogP contribution in [0.25, 0.3) is 0 Å². The van der Waals surface area contributed by atoms with Crippen molar-refractivity contribution in [3.8, 4) is 0 Å². The van der Waals surface area contributed by atoms with Gasteiger partial charge in [-0.1, -0.05) is 30.3 Å². The van der Waals surface area contributed by atoms with Crippen LogP contribution in [0.3, 0.4) is 0 Å². The largest absolute Gasteiger partial charge is 0.481 e. The van der Waals surface area contributed by atoms with E-state index in [9.17, 15) is 14.4 Å². The lowest BCUT2D eigenvalue weighted by Crippen LogP contribution is -2.45. The maximum atomic E-state index is 12.1. The van der Waals surface area contributed by atoms with Gasteiger partial charge in [-0.2, -0.15) is 12.6 Å². The van der Waals surface area contributed by atoms with Crippen molar-refractivity contribution in [3.63, 3.8) is 0 Å². The smallest absolute Gasteiger partial charge is 0.326 e. The van der Waals surface area contributed by atoms with Crippen molar-refractivity contribution in [3.05, 3.63) is 35.9 Å². The van der Waals surface area contributed by atoms with Gasteiger partial charge < -0.3 is 15.5 Å². The summed E-state index contributed by atoms with van der Waals surface area (Å²) >= 11 is 4.10. The molecule has 0 aliphatic heterocycles. The quantitative estimate of drug-likeness (QED) is 0.532. The minimum absolute atomic E-state index is 0.236. The van der Waals surface area contributed by atoms with E-state index in [2.05, 4.69) is 17.9 Å². The maximum Gasteiger partial charge on any atom is 0.326 e. The summed E-state index contributed by atoms with van der Waals surface area (Å²) in [6, 6.07) is 7.81. The highest BCUT2D eigenvalue weighted by atomic mass is 32.1. The summed E-state index contributed by atoms with van der Waals surface area (Å²) in [5.41, 5.74) is 0.928. The van der Waals surface area contributed by atoms with Gasteiger partial charge in [0.25, 0.3) is 0 Å². The van der Waals surface area contributed by atoms with Crippen LogP contribution in [0.4, 0.5) is 0 Å². The number of carbonyl (C=O) groups excluding carboxylic acids is 1. The van der Waals surface area contributed by atoms with Crippen molar-refractivity contribution in [2.24, 2.45) is 5.92 Å². The van der Waals surface area contributed by atoms with Crippen LogP contribution < -0.4 is 5.32 Å². The third kappa shape index (κ3) is 5.86. The van der Waals surface area contributed by atoms with Crippen molar-refractivity contribution in [1.29, 1.82) is 0 Å². The molecule has 1 aromatic carbocycles. The number of nitrogens with one attached hydrogen (secondary N) is 1. The van der Waals surface area contributed by atoms with Crippen LogP contribution in [-0.4, -0.2) is 39.9 Å². The summed E-state index contributed by atoms with van der Waals surface area (Å²) in [5, 5.41) is 19.8. The van der Waals surface area contributed by atoms with E-state index >= 15 is 0 Å². The van der Waals surface area contributed by atoms with Crippen LogP contribution in [-0.2, 0) is 20.8 Å². The predicted octanol–water partition coefficient (Wildman–Crippen LogP) is 0.819. The second-order valence-electron chi connectivity index (χ2n) is 4.57. The van der Waals surface area contributed by atoms with Gasteiger partial charge in [-0.05, 0) is 12.0 Å². The van der Waals surface area contributed by atoms with Gasteiger partial charge in [0, 0.05) is 5.75 Å². The third-order valence-corrected chi connectivity index (χ3v) is 3.35. The summed E-state index contributed by atoms with van der Waals surface area (Å²) < 4.78 is 0. The number of carbonyl (C=O) groups is 3. The van der Waals surface area contributed by atoms with E-state index < -0.39 is 36.2 Å². The van der Waals surface area contributed by atoms with Crippen molar-refractivity contribution in [2.75, 3.05) is 5.75 Å². The first-order chi connectivity index (χ1) is 9.93. The molecule has 21 heavy (non-hydrogen) atoms. The second-order valence-corrected chi connectivity index (χ2v) is 4.93. The van der Waals surface area contributed by atoms with Gasteiger partial charge >= 0.3 is 11.9 Å². The fraction of sp³-hybridized carbons (Fsp3) is 0.357.